The highest BCUT2D eigenvalue weighted by Gasteiger charge is 2.27. The highest BCUT2D eigenvalue weighted by atomic mass is 19.1. The monoisotopic (exact) mass is 460 g/mol. The van der Waals surface area contributed by atoms with E-state index in [0.29, 0.717) is 56.4 Å². The molecule has 0 radical (unpaired) electrons. The first kappa shape index (κ1) is 21.7. The molecule has 0 aliphatic carbocycles. The number of carbonyl (C=O) groups is 1. The minimum absolute atomic E-state index is 0.132. The number of piperidine rings is 1. The van der Waals surface area contributed by atoms with Crippen LogP contribution < -0.4 is 16.0 Å². The van der Waals surface area contributed by atoms with Crippen LogP contribution in [-0.2, 0) is 4.74 Å². The predicted molar refractivity (Wildman–Crippen MR) is 115 cm³/mol. The lowest BCUT2D eigenvalue weighted by Gasteiger charge is -2.28. The van der Waals surface area contributed by atoms with Crippen LogP contribution in [0.3, 0.4) is 0 Å². The van der Waals surface area contributed by atoms with E-state index >= 15 is 0 Å². The van der Waals surface area contributed by atoms with Gasteiger partial charge in [-0.1, -0.05) is 0 Å². The van der Waals surface area contributed by atoms with Crippen molar-refractivity contribution in [1.29, 1.82) is 0 Å². The molecule has 33 heavy (non-hydrogen) atoms. The zero-order valence-corrected chi connectivity index (χ0v) is 17.7. The maximum atomic E-state index is 14.7. The van der Waals surface area contributed by atoms with Gasteiger partial charge >= 0.3 is 0 Å². The first-order valence-electron chi connectivity index (χ1n) is 10.8. The minimum Gasteiger partial charge on any atom is -0.381 e. The number of carbonyl (C=O) groups excluding carboxylic acids is 1. The summed E-state index contributed by atoms with van der Waals surface area (Å²) in [5.74, 6) is -1.92. The fraction of sp³-hybridized carbons (Fsp3) is 0.409. The lowest BCUT2D eigenvalue weighted by molar-refractivity contribution is -0.0298. The Bertz CT molecular complexity index is 1180. The average molecular weight is 460 g/mol. The molecule has 5 heterocycles. The molecule has 0 bridgehead atoms. The zero-order chi connectivity index (χ0) is 22.9. The fourth-order valence-corrected chi connectivity index (χ4v) is 3.93. The highest BCUT2D eigenvalue weighted by Crippen LogP contribution is 2.27. The van der Waals surface area contributed by atoms with Crippen molar-refractivity contribution in [2.75, 3.05) is 38.2 Å². The van der Waals surface area contributed by atoms with Crippen molar-refractivity contribution in [1.82, 2.24) is 25.0 Å². The van der Waals surface area contributed by atoms with Gasteiger partial charge in [-0.25, -0.2) is 23.1 Å². The molecule has 1 amide bonds. The van der Waals surface area contributed by atoms with Crippen LogP contribution in [0.2, 0.25) is 0 Å². The van der Waals surface area contributed by atoms with Gasteiger partial charge in [0.15, 0.2) is 17.5 Å². The third-order valence-corrected chi connectivity index (χ3v) is 5.93. The van der Waals surface area contributed by atoms with E-state index in [1.54, 1.807) is 22.7 Å². The lowest BCUT2D eigenvalue weighted by Crippen LogP contribution is -2.46. The number of halogens is 3. The minimum atomic E-state index is -1.17. The van der Waals surface area contributed by atoms with Crippen molar-refractivity contribution < 1.29 is 22.7 Å². The molecule has 0 spiro atoms. The summed E-state index contributed by atoms with van der Waals surface area (Å²) in [5, 5.41) is 8.65. The number of alkyl halides is 1. The molecule has 0 saturated carbocycles. The molecular weight excluding hydrogens is 437 g/mol. The van der Waals surface area contributed by atoms with Crippen LogP contribution in [0.5, 0.6) is 0 Å². The molecule has 2 saturated heterocycles. The van der Waals surface area contributed by atoms with Crippen LogP contribution in [0.4, 0.5) is 19.0 Å². The molecule has 5 rings (SSSR count). The maximum absolute atomic E-state index is 14.7. The number of anilines is 1. The van der Waals surface area contributed by atoms with Gasteiger partial charge in [0.2, 0.25) is 0 Å². The summed E-state index contributed by atoms with van der Waals surface area (Å²) < 4.78 is 49.9. The van der Waals surface area contributed by atoms with E-state index in [1.165, 1.54) is 6.20 Å². The molecule has 8 nitrogen and oxygen atoms in total. The van der Waals surface area contributed by atoms with Gasteiger partial charge in [-0.15, -0.1) is 0 Å². The largest absolute Gasteiger partial charge is 0.381 e. The van der Waals surface area contributed by atoms with Gasteiger partial charge in [0, 0.05) is 36.8 Å². The number of aromatic nitrogens is 3. The number of pyridine rings is 2. The quantitative estimate of drug-likeness (QED) is 0.522. The summed E-state index contributed by atoms with van der Waals surface area (Å²) in [4.78, 5) is 20.8. The number of hydrogen-bond acceptors (Lipinski definition) is 6. The molecule has 2 fully saturated rings. The maximum Gasteiger partial charge on any atom is 0.251 e. The number of nitrogens with zero attached hydrogens (tertiary/aromatic N) is 3. The Morgan fingerprint density at radius 2 is 2.12 bits per heavy atom. The molecule has 0 aromatic carbocycles. The molecular formula is C22H23F3N6O2. The van der Waals surface area contributed by atoms with Crippen LogP contribution in [0.15, 0.2) is 30.6 Å². The number of fused-ring (bicyclic) bond motifs is 1. The topological polar surface area (TPSA) is 92.6 Å². The third kappa shape index (κ3) is 4.38. The standard InChI is InChI=1S/C22H23F3N6O2/c23-14-1-3-26-8-17(14)29-21-16(25)6-15(24)20(30-21)18-9-27-19-5-13(2-4-31(18)19)22(32)28-7-12-10-33-11-12/h2,4-6,9,12,14,17,26H,1,3,7-8,10-11H2,(H,28,32)(H,29,30)/t14-,17-/m1/s1. The van der Waals surface area contributed by atoms with E-state index in [1.807, 2.05) is 0 Å². The van der Waals surface area contributed by atoms with E-state index in [0.717, 1.165) is 6.07 Å². The second-order valence-electron chi connectivity index (χ2n) is 8.31. The Labute approximate surface area is 187 Å². The van der Waals surface area contributed by atoms with Crippen LogP contribution in [-0.4, -0.2) is 65.3 Å². The Morgan fingerprint density at radius 3 is 2.88 bits per heavy atom. The third-order valence-electron chi connectivity index (χ3n) is 5.93. The summed E-state index contributed by atoms with van der Waals surface area (Å²) in [5.41, 5.74) is 0.967. The van der Waals surface area contributed by atoms with E-state index in [4.69, 9.17) is 4.74 Å². The van der Waals surface area contributed by atoms with Gasteiger partial charge < -0.3 is 20.7 Å². The first-order chi connectivity index (χ1) is 16.0. The summed E-state index contributed by atoms with van der Waals surface area (Å²) in [6.07, 6.45) is 2.11. The van der Waals surface area contributed by atoms with Gasteiger partial charge in [-0.3, -0.25) is 9.20 Å². The van der Waals surface area contributed by atoms with Crippen LogP contribution in [0.1, 0.15) is 16.8 Å². The second kappa shape index (κ2) is 8.99. The Morgan fingerprint density at radius 1 is 1.27 bits per heavy atom. The lowest BCUT2D eigenvalue weighted by atomic mass is 10.1. The number of hydrogen-bond donors (Lipinski definition) is 3. The van der Waals surface area contributed by atoms with Gasteiger partial charge in [0.05, 0.1) is 31.1 Å². The molecule has 3 aromatic heterocycles. The Hall–Kier alpha value is -3.18. The highest BCUT2D eigenvalue weighted by molar-refractivity contribution is 5.95. The van der Waals surface area contributed by atoms with Gasteiger partial charge in [0.1, 0.15) is 17.5 Å². The predicted octanol–water partition coefficient (Wildman–Crippen LogP) is 2.16. The molecule has 2 aliphatic heterocycles. The SMILES string of the molecule is O=C(NCC1COC1)c1ccn2c(-c3nc(N[C@@H]4CNCC[C@H]4F)c(F)cc3F)cnc2c1. The van der Waals surface area contributed by atoms with Gasteiger partial charge in [-0.05, 0) is 25.1 Å². The molecule has 2 atom stereocenters. The van der Waals surface area contributed by atoms with Crippen molar-refractivity contribution >= 4 is 17.4 Å². The van der Waals surface area contributed by atoms with Crippen molar-refractivity contribution in [3.8, 4) is 11.4 Å². The van der Waals surface area contributed by atoms with Crippen LogP contribution in [0.25, 0.3) is 17.0 Å². The van der Waals surface area contributed by atoms with E-state index in [9.17, 15) is 18.0 Å². The summed E-state index contributed by atoms with van der Waals surface area (Å²) in [6.45, 7) is 2.66. The van der Waals surface area contributed by atoms with E-state index in [-0.39, 0.29) is 23.1 Å². The zero-order valence-electron chi connectivity index (χ0n) is 17.7. The number of nitrogens with one attached hydrogen (secondary N) is 3. The number of rotatable bonds is 6. The van der Waals surface area contributed by atoms with Crippen molar-refractivity contribution in [2.24, 2.45) is 5.92 Å². The summed E-state index contributed by atoms with van der Waals surface area (Å²) >= 11 is 0. The molecule has 3 aromatic rings. The second-order valence-corrected chi connectivity index (χ2v) is 8.31. The fourth-order valence-electron chi connectivity index (χ4n) is 3.93. The molecule has 0 unspecified atom stereocenters. The Kier molecular flexibility index (Phi) is 5.90. The van der Waals surface area contributed by atoms with Gasteiger partial charge in [-0.2, -0.15) is 0 Å². The van der Waals surface area contributed by atoms with Crippen molar-refractivity contribution in [2.45, 2.75) is 18.6 Å². The number of ether oxygens (including phenoxy) is 1. The average Bonchev–Trinajstić information content (AvgIpc) is 3.19. The van der Waals surface area contributed by atoms with E-state index < -0.39 is 23.8 Å². The summed E-state index contributed by atoms with van der Waals surface area (Å²) in [6, 6.07) is 3.22. The normalized spacial score (nSPS) is 21.1. The summed E-state index contributed by atoms with van der Waals surface area (Å²) in [7, 11) is 0. The number of amides is 1. The van der Waals surface area contributed by atoms with Crippen LogP contribution >= 0.6 is 0 Å². The van der Waals surface area contributed by atoms with Crippen molar-refractivity contribution in [3.63, 3.8) is 0 Å². The molecule has 2 aliphatic rings. The Balaban J connectivity index is 1.40. The van der Waals surface area contributed by atoms with E-state index in [2.05, 4.69) is 25.9 Å². The smallest absolute Gasteiger partial charge is 0.251 e. The van der Waals surface area contributed by atoms with Crippen LogP contribution in [0, 0.1) is 17.6 Å². The van der Waals surface area contributed by atoms with Gasteiger partial charge in [0.25, 0.3) is 5.91 Å². The molecule has 3 N–H and O–H groups in total. The number of imidazole rings is 1. The van der Waals surface area contributed by atoms with Crippen molar-refractivity contribution in [3.05, 3.63) is 47.8 Å². The molecule has 11 heteroatoms. The molecule has 174 valence electrons. The first-order valence-corrected chi connectivity index (χ1v) is 10.8.